The normalized spacial score (nSPS) is 50.5. The van der Waals surface area contributed by atoms with Crippen LogP contribution in [0.4, 0.5) is 0 Å². The number of hydrogen-bond donors (Lipinski definition) is 0. The van der Waals surface area contributed by atoms with E-state index in [0.29, 0.717) is 10.8 Å². The van der Waals surface area contributed by atoms with Gasteiger partial charge in [-0.15, -0.1) is 6.58 Å². The zero-order valence-electron chi connectivity index (χ0n) is 14.7. The minimum atomic E-state index is 0.499. The summed E-state index contributed by atoms with van der Waals surface area (Å²) in [5.41, 5.74) is 3.03. The number of fused-ring (bicyclic) bond motifs is 5. The molecule has 3 saturated carbocycles. The molecule has 4 rings (SSSR count). The van der Waals surface area contributed by atoms with Gasteiger partial charge in [-0.05, 0) is 92.3 Å². The van der Waals surface area contributed by atoms with E-state index in [0.717, 1.165) is 23.7 Å². The van der Waals surface area contributed by atoms with Crippen molar-refractivity contribution in [1.29, 1.82) is 0 Å². The van der Waals surface area contributed by atoms with Crippen LogP contribution in [0.1, 0.15) is 78.1 Å². The van der Waals surface area contributed by atoms with Crippen molar-refractivity contribution in [3.05, 3.63) is 24.3 Å². The first-order valence-corrected chi connectivity index (χ1v) is 9.90. The lowest BCUT2D eigenvalue weighted by Gasteiger charge is -2.59. The third-order valence-corrected chi connectivity index (χ3v) is 8.61. The molecule has 0 radical (unpaired) electrons. The second-order valence-corrected chi connectivity index (χ2v) is 9.32. The molecule has 4 aliphatic rings. The standard InChI is InChI=1S/C22H34/c1-4-7-16-8-5-9-17-11-12-18-19-10-6-14-21(19,2)15-13-20(18)22(16,17)3/h4,11,16,18-20H,1,5-10,12-15H2,2-3H3/t16?,18-,19-,20-,21-,22-/m0/s1. The van der Waals surface area contributed by atoms with Crippen LogP contribution < -0.4 is 0 Å². The predicted octanol–water partition coefficient (Wildman–Crippen LogP) is 6.53. The summed E-state index contributed by atoms with van der Waals surface area (Å²) in [6, 6.07) is 0. The van der Waals surface area contributed by atoms with Crippen LogP contribution in [-0.4, -0.2) is 0 Å². The van der Waals surface area contributed by atoms with Gasteiger partial charge in [0.1, 0.15) is 0 Å². The first-order valence-electron chi connectivity index (χ1n) is 9.90. The number of rotatable bonds is 2. The van der Waals surface area contributed by atoms with E-state index >= 15 is 0 Å². The van der Waals surface area contributed by atoms with Crippen molar-refractivity contribution in [3.8, 4) is 0 Å². The summed E-state index contributed by atoms with van der Waals surface area (Å²) in [5, 5.41) is 0. The summed E-state index contributed by atoms with van der Waals surface area (Å²) in [5.74, 6) is 3.84. The van der Waals surface area contributed by atoms with Crippen LogP contribution in [0.5, 0.6) is 0 Å². The molecule has 0 heteroatoms. The van der Waals surface area contributed by atoms with Crippen molar-refractivity contribution in [2.45, 2.75) is 78.1 Å². The number of hydrogen-bond acceptors (Lipinski definition) is 0. The minimum Gasteiger partial charge on any atom is -0.103 e. The molecule has 0 aliphatic heterocycles. The Morgan fingerprint density at radius 3 is 2.82 bits per heavy atom. The Hall–Kier alpha value is -0.520. The summed E-state index contributed by atoms with van der Waals surface area (Å²) in [4.78, 5) is 0. The van der Waals surface area contributed by atoms with E-state index in [1.54, 1.807) is 0 Å². The van der Waals surface area contributed by atoms with E-state index in [1.807, 2.05) is 5.57 Å². The zero-order chi connectivity index (χ0) is 15.4. The minimum absolute atomic E-state index is 0.499. The van der Waals surface area contributed by atoms with Crippen LogP contribution >= 0.6 is 0 Å². The van der Waals surface area contributed by atoms with Crippen molar-refractivity contribution >= 4 is 0 Å². The molecule has 122 valence electrons. The SMILES string of the molecule is C=CCC1CCCC2=CC[C@H]3[C@@H]4CCC[C@@]4(C)CC[C@@H]3[C@]21C. The third kappa shape index (κ3) is 1.95. The average molecular weight is 299 g/mol. The van der Waals surface area contributed by atoms with Crippen molar-refractivity contribution in [1.82, 2.24) is 0 Å². The van der Waals surface area contributed by atoms with Crippen molar-refractivity contribution in [2.24, 2.45) is 34.5 Å². The molecule has 0 N–H and O–H groups in total. The second kappa shape index (κ2) is 5.25. The molecule has 1 unspecified atom stereocenters. The first-order chi connectivity index (χ1) is 10.6. The van der Waals surface area contributed by atoms with Crippen LogP contribution in [0, 0.1) is 34.5 Å². The Bertz CT molecular complexity index is 486. The average Bonchev–Trinajstić information content (AvgIpc) is 2.90. The van der Waals surface area contributed by atoms with Gasteiger partial charge in [-0.1, -0.05) is 38.0 Å². The lowest BCUT2D eigenvalue weighted by Crippen LogP contribution is -2.51. The molecule has 22 heavy (non-hydrogen) atoms. The van der Waals surface area contributed by atoms with Gasteiger partial charge in [0, 0.05) is 0 Å². The number of allylic oxidation sites excluding steroid dienone is 3. The molecular formula is C22H34. The summed E-state index contributed by atoms with van der Waals surface area (Å²) in [6.45, 7) is 9.34. The van der Waals surface area contributed by atoms with E-state index in [1.165, 1.54) is 64.2 Å². The highest BCUT2D eigenvalue weighted by Crippen LogP contribution is 2.66. The van der Waals surface area contributed by atoms with Crippen LogP contribution in [0.15, 0.2) is 24.3 Å². The quantitative estimate of drug-likeness (QED) is 0.508. The van der Waals surface area contributed by atoms with Gasteiger partial charge in [-0.25, -0.2) is 0 Å². The summed E-state index contributed by atoms with van der Waals surface area (Å²) >= 11 is 0. The first kappa shape index (κ1) is 15.0. The van der Waals surface area contributed by atoms with Gasteiger partial charge < -0.3 is 0 Å². The van der Waals surface area contributed by atoms with E-state index in [2.05, 4.69) is 32.6 Å². The Labute approximate surface area is 137 Å². The van der Waals surface area contributed by atoms with Crippen molar-refractivity contribution < 1.29 is 0 Å². The smallest absolute Gasteiger partial charge is 0.00541 e. The van der Waals surface area contributed by atoms with Crippen LogP contribution in [-0.2, 0) is 0 Å². The maximum atomic E-state index is 4.07. The van der Waals surface area contributed by atoms with E-state index in [-0.39, 0.29) is 0 Å². The van der Waals surface area contributed by atoms with Crippen molar-refractivity contribution in [3.63, 3.8) is 0 Å². The molecule has 6 atom stereocenters. The maximum absolute atomic E-state index is 4.07. The van der Waals surface area contributed by atoms with Gasteiger partial charge in [-0.3, -0.25) is 0 Å². The topological polar surface area (TPSA) is 0 Å². The molecule has 4 aliphatic carbocycles. The van der Waals surface area contributed by atoms with Gasteiger partial charge in [0.05, 0.1) is 0 Å². The second-order valence-electron chi connectivity index (χ2n) is 9.32. The van der Waals surface area contributed by atoms with Crippen LogP contribution in [0.25, 0.3) is 0 Å². The molecule has 0 heterocycles. The highest BCUT2D eigenvalue weighted by Gasteiger charge is 2.57. The van der Waals surface area contributed by atoms with E-state index in [9.17, 15) is 0 Å². The highest BCUT2D eigenvalue weighted by molar-refractivity contribution is 5.26. The monoisotopic (exact) mass is 298 g/mol. The molecule has 0 aromatic rings. The molecule has 0 aromatic carbocycles. The zero-order valence-corrected chi connectivity index (χ0v) is 14.7. The van der Waals surface area contributed by atoms with Crippen LogP contribution in [0.2, 0.25) is 0 Å². The van der Waals surface area contributed by atoms with Crippen molar-refractivity contribution in [2.75, 3.05) is 0 Å². The highest BCUT2D eigenvalue weighted by atomic mass is 14.6. The largest absolute Gasteiger partial charge is 0.103 e. The fourth-order valence-electron chi connectivity index (χ4n) is 7.43. The van der Waals surface area contributed by atoms with Gasteiger partial charge in [0.25, 0.3) is 0 Å². The summed E-state index contributed by atoms with van der Waals surface area (Å²) in [6.07, 6.45) is 19.3. The predicted molar refractivity (Wildman–Crippen MR) is 94.6 cm³/mol. The van der Waals surface area contributed by atoms with Crippen LogP contribution in [0.3, 0.4) is 0 Å². The Morgan fingerprint density at radius 1 is 1.14 bits per heavy atom. The molecule has 0 aromatic heterocycles. The molecular weight excluding hydrogens is 264 g/mol. The Kier molecular flexibility index (Phi) is 3.59. The Balaban J connectivity index is 1.71. The lowest BCUT2D eigenvalue weighted by molar-refractivity contribution is -0.0478. The molecule has 0 amide bonds. The van der Waals surface area contributed by atoms with E-state index in [4.69, 9.17) is 0 Å². The molecule has 3 fully saturated rings. The fraction of sp³-hybridized carbons (Fsp3) is 0.818. The third-order valence-electron chi connectivity index (χ3n) is 8.61. The van der Waals surface area contributed by atoms with Gasteiger partial charge >= 0.3 is 0 Å². The van der Waals surface area contributed by atoms with Gasteiger partial charge in [-0.2, -0.15) is 0 Å². The van der Waals surface area contributed by atoms with Gasteiger partial charge in [0.2, 0.25) is 0 Å². The molecule has 0 saturated heterocycles. The molecule has 0 spiro atoms. The van der Waals surface area contributed by atoms with E-state index < -0.39 is 0 Å². The molecule has 0 bridgehead atoms. The lowest BCUT2D eigenvalue weighted by atomic mass is 9.45. The summed E-state index contributed by atoms with van der Waals surface area (Å²) in [7, 11) is 0. The maximum Gasteiger partial charge on any atom is -0.00541 e. The Morgan fingerprint density at radius 2 is 2.00 bits per heavy atom. The molecule has 0 nitrogen and oxygen atoms in total. The fourth-order valence-corrected chi connectivity index (χ4v) is 7.43. The summed E-state index contributed by atoms with van der Waals surface area (Å²) < 4.78 is 0. The van der Waals surface area contributed by atoms with Gasteiger partial charge in [0.15, 0.2) is 0 Å².